The molecule has 2 unspecified atom stereocenters. The lowest BCUT2D eigenvalue weighted by Gasteiger charge is -2.38. The van der Waals surface area contributed by atoms with Gasteiger partial charge in [-0.25, -0.2) is 4.79 Å². The number of halogens is 1. The van der Waals surface area contributed by atoms with Crippen molar-refractivity contribution in [3.05, 3.63) is 46.1 Å². The van der Waals surface area contributed by atoms with Crippen molar-refractivity contribution < 1.29 is 24.2 Å². The van der Waals surface area contributed by atoms with Crippen molar-refractivity contribution in [1.82, 2.24) is 9.80 Å². The van der Waals surface area contributed by atoms with E-state index in [2.05, 4.69) is 4.99 Å². The molecule has 178 valence electrons. The Hall–Kier alpha value is -2.87. The van der Waals surface area contributed by atoms with Gasteiger partial charge >= 0.3 is 12.1 Å². The van der Waals surface area contributed by atoms with E-state index in [0.29, 0.717) is 53.7 Å². The number of amides is 2. The second-order valence-electron chi connectivity index (χ2n) is 9.36. The molecule has 2 amide bonds. The number of carboxylic acids is 1. The van der Waals surface area contributed by atoms with Crippen molar-refractivity contribution in [3.8, 4) is 0 Å². The summed E-state index contributed by atoms with van der Waals surface area (Å²) in [5.41, 5.74) is 1.34. The zero-order valence-electron chi connectivity index (χ0n) is 19.6. The Morgan fingerprint density at radius 3 is 2.24 bits per heavy atom. The highest BCUT2D eigenvalue weighted by molar-refractivity contribution is 6.30. The van der Waals surface area contributed by atoms with Crippen molar-refractivity contribution >= 4 is 35.3 Å². The van der Waals surface area contributed by atoms with Gasteiger partial charge in [-0.1, -0.05) is 23.7 Å². The molecule has 3 rings (SSSR count). The van der Waals surface area contributed by atoms with Crippen LogP contribution in [0.3, 0.4) is 0 Å². The number of hydrogen-bond acceptors (Lipinski definition) is 5. The van der Waals surface area contributed by atoms with Crippen LogP contribution in [0, 0.1) is 5.92 Å². The van der Waals surface area contributed by atoms with E-state index in [4.69, 9.17) is 16.3 Å². The van der Waals surface area contributed by atoms with E-state index in [1.54, 1.807) is 68.7 Å². The fourth-order valence-corrected chi connectivity index (χ4v) is 4.48. The molecule has 8 nitrogen and oxygen atoms in total. The van der Waals surface area contributed by atoms with Crippen molar-refractivity contribution in [2.24, 2.45) is 10.9 Å². The Balaban J connectivity index is 1.88. The molecule has 1 aromatic carbocycles. The van der Waals surface area contributed by atoms with Gasteiger partial charge < -0.3 is 19.6 Å². The van der Waals surface area contributed by atoms with Crippen LogP contribution in [-0.2, 0) is 14.3 Å². The van der Waals surface area contributed by atoms with E-state index < -0.39 is 29.5 Å². The van der Waals surface area contributed by atoms with Gasteiger partial charge in [0.25, 0.3) is 5.91 Å². The number of carbonyl (C=O) groups excluding carboxylic acids is 2. The Bertz CT molecular complexity index is 1020. The van der Waals surface area contributed by atoms with Gasteiger partial charge in [-0.15, -0.1) is 0 Å². The topological polar surface area (TPSA) is 99.5 Å². The number of carbonyl (C=O) groups is 3. The summed E-state index contributed by atoms with van der Waals surface area (Å²) in [5, 5.41) is 10.4. The Morgan fingerprint density at radius 1 is 1.09 bits per heavy atom. The third-order valence-electron chi connectivity index (χ3n) is 5.75. The number of benzene rings is 1. The largest absolute Gasteiger partial charge is 0.481 e. The zero-order chi connectivity index (χ0) is 24.5. The molecule has 1 aromatic rings. The average Bonchev–Trinajstić information content (AvgIpc) is 2.71. The first-order valence-corrected chi connectivity index (χ1v) is 11.3. The van der Waals surface area contributed by atoms with Crippen LogP contribution in [0.15, 0.2) is 40.5 Å². The van der Waals surface area contributed by atoms with Gasteiger partial charge in [-0.05, 0) is 52.3 Å². The molecular weight excluding hydrogens is 446 g/mol. The van der Waals surface area contributed by atoms with Crippen molar-refractivity contribution in [1.29, 1.82) is 0 Å². The summed E-state index contributed by atoms with van der Waals surface area (Å²) in [6.07, 6.45) is -0.411. The fraction of sp³-hybridized carbons (Fsp3) is 0.500. The predicted octanol–water partition coefficient (Wildman–Crippen LogP) is 3.95. The van der Waals surface area contributed by atoms with Crippen LogP contribution >= 0.6 is 11.6 Å². The molecule has 1 saturated heterocycles. The van der Waals surface area contributed by atoms with E-state index in [9.17, 15) is 19.5 Å². The minimum absolute atomic E-state index is 0.274. The van der Waals surface area contributed by atoms with Crippen LogP contribution in [0.25, 0.3) is 0 Å². The lowest BCUT2D eigenvalue weighted by molar-refractivity contribution is -0.140. The first-order chi connectivity index (χ1) is 15.4. The fourth-order valence-electron chi connectivity index (χ4n) is 4.28. The highest BCUT2D eigenvalue weighted by Gasteiger charge is 2.42. The van der Waals surface area contributed by atoms with Gasteiger partial charge in [-0.2, -0.15) is 0 Å². The number of allylic oxidation sites excluding steroid dienone is 1. The van der Waals surface area contributed by atoms with Crippen LogP contribution in [0.5, 0.6) is 0 Å². The number of ether oxygens (including phenoxy) is 1. The molecule has 0 aromatic heterocycles. The van der Waals surface area contributed by atoms with E-state index in [-0.39, 0.29) is 5.91 Å². The molecule has 2 aliphatic rings. The molecular formula is C24H30ClN3O5. The summed E-state index contributed by atoms with van der Waals surface area (Å²) < 4.78 is 5.42. The Kier molecular flexibility index (Phi) is 7.17. The van der Waals surface area contributed by atoms with E-state index in [0.717, 1.165) is 0 Å². The highest BCUT2D eigenvalue weighted by Crippen LogP contribution is 2.40. The SMILES string of the molecule is CC1=NC(C)=C(C(=O)N2CCN(C(=O)OC(C)(C)C)CC2)C(c2cccc(Cl)c2)C1C(=O)O. The average molecular weight is 476 g/mol. The zero-order valence-corrected chi connectivity index (χ0v) is 20.3. The maximum absolute atomic E-state index is 13.7. The van der Waals surface area contributed by atoms with Crippen LogP contribution in [-0.4, -0.2) is 70.4 Å². The smallest absolute Gasteiger partial charge is 0.410 e. The van der Waals surface area contributed by atoms with Crippen LogP contribution in [0.4, 0.5) is 4.79 Å². The second kappa shape index (κ2) is 9.55. The normalized spacial score (nSPS) is 21.6. The van der Waals surface area contributed by atoms with Crippen molar-refractivity contribution in [2.75, 3.05) is 26.2 Å². The first-order valence-electron chi connectivity index (χ1n) is 10.9. The third-order valence-corrected chi connectivity index (χ3v) is 5.99. The summed E-state index contributed by atoms with van der Waals surface area (Å²) in [4.78, 5) is 45.8. The molecule has 1 fully saturated rings. The summed E-state index contributed by atoms with van der Waals surface area (Å²) >= 11 is 6.19. The van der Waals surface area contributed by atoms with Gasteiger partial charge in [-0.3, -0.25) is 14.6 Å². The van der Waals surface area contributed by atoms with Gasteiger partial charge in [0.15, 0.2) is 0 Å². The molecule has 0 spiro atoms. The predicted molar refractivity (Wildman–Crippen MR) is 126 cm³/mol. The third kappa shape index (κ3) is 5.55. The van der Waals surface area contributed by atoms with Crippen molar-refractivity contribution in [2.45, 2.75) is 46.1 Å². The Morgan fingerprint density at radius 2 is 1.70 bits per heavy atom. The maximum atomic E-state index is 13.7. The number of piperazine rings is 1. The van der Waals surface area contributed by atoms with Crippen molar-refractivity contribution in [3.63, 3.8) is 0 Å². The maximum Gasteiger partial charge on any atom is 0.410 e. The van der Waals surface area contributed by atoms with Crippen LogP contribution in [0.1, 0.15) is 46.1 Å². The number of aliphatic imine (C=N–C) groups is 1. The summed E-state index contributed by atoms with van der Waals surface area (Å²) in [6, 6.07) is 6.93. The number of hydrogen-bond donors (Lipinski definition) is 1. The van der Waals surface area contributed by atoms with Gasteiger partial charge in [0, 0.05) is 54.1 Å². The lowest BCUT2D eigenvalue weighted by Crippen LogP contribution is -2.52. The van der Waals surface area contributed by atoms with E-state index in [1.165, 1.54) is 0 Å². The van der Waals surface area contributed by atoms with Crippen LogP contribution in [0.2, 0.25) is 5.02 Å². The molecule has 0 aliphatic carbocycles. The minimum atomic E-state index is -1.05. The standard InChI is InChI=1S/C24H30ClN3O5/c1-14-18(21(29)27-9-11-28(12-10-27)23(32)33-24(3,4)5)20(16-7-6-8-17(25)13-16)19(22(30)31)15(2)26-14/h6-8,13,19-20H,9-12H2,1-5H3,(H,30,31). The first kappa shape index (κ1) is 24.8. The molecule has 1 N–H and O–H groups in total. The molecule has 33 heavy (non-hydrogen) atoms. The summed E-state index contributed by atoms with van der Waals surface area (Å²) in [5.74, 6) is -3.01. The number of aliphatic carboxylic acids is 1. The highest BCUT2D eigenvalue weighted by atomic mass is 35.5. The van der Waals surface area contributed by atoms with Gasteiger partial charge in [0.1, 0.15) is 11.5 Å². The number of nitrogens with zero attached hydrogens (tertiary/aromatic N) is 3. The summed E-state index contributed by atoms with van der Waals surface area (Å²) in [7, 11) is 0. The second-order valence-corrected chi connectivity index (χ2v) is 9.80. The molecule has 0 radical (unpaired) electrons. The Labute approximate surface area is 198 Å². The minimum Gasteiger partial charge on any atom is -0.481 e. The van der Waals surface area contributed by atoms with Gasteiger partial charge in [0.2, 0.25) is 0 Å². The monoisotopic (exact) mass is 475 g/mol. The van der Waals surface area contributed by atoms with E-state index >= 15 is 0 Å². The molecule has 2 atom stereocenters. The lowest BCUT2D eigenvalue weighted by atomic mass is 9.75. The molecule has 2 aliphatic heterocycles. The van der Waals surface area contributed by atoms with Crippen LogP contribution < -0.4 is 0 Å². The summed E-state index contributed by atoms with van der Waals surface area (Å²) in [6.45, 7) is 10.1. The van der Waals surface area contributed by atoms with Gasteiger partial charge in [0.05, 0.1) is 0 Å². The molecule has 2 heterocycles. The quantitative estimate of drug-likeness (QED) is 0.713. The number of rotatable bonds is 3. The molecule has 0 bridgehead atoms. The molecule has 9 heteroatoms. The number of carboxylic acid groups (broad SMARTS) is 1. The van der Waals surface area contributed by atoms with E-state index in [1.807, 2.05) is 0 Å². The molecule has 0 saturated carbocycles.